The number of hydrogen-bond donors (Lipinski definition) is 3. The number of carbonyl (C=O) groups excluding carboxylic acids is 1. The highest BCUT2D eigenvalue weighted by Gasteiger charge is 2.20. The summed E-state index contributed by atoms with van der Waals surface area (Å²) in [6.45, 7) is 2.15. The van der Waals surface area contributed by atoms with E-state index in [0.29, 0.717) is 5.92 Å². The first-order chi connectivity index (χ1) is 12.8. The quantitative estimate of drug-likeness (QED) is 0.787. The minimum Gasteiger partial charge on any atom is -0.323 e. The number of carbonyl (C=O) groups is 1. The third-order valence-electron chi connectivity index (χ3n) is 5.37. The maximum absolute atomic E-state index is 12.4. The van der Waals surface area contributed by atoms with Crippen LogP contribution in [0.25, 0.3) is 5.57 Å². The van der Waals surface area contributed by atoms with Crippen molar-refractivity contribution >= 4 is 17.2 Å². The van der Waals surface area contributed by atoms with Crippen molar-refractivity contribution in [2.75, 3.05) is 18.4 Å². The van der Waals surface area contributed by atoms with E-state index in [1.54, 1.807) is 0 Å². The zero-order valence-corrected chi connectivity index (χ0v) is 14.9. The molecule has 1 aromatic carbocycles. The van der Waals surface area contributed by atoms with Crippen molar-refractivity contribution in [1.29, 1.82) is 0 Å². The summed E-state index contributed by atoms with van der Waals surface area (Å²) in [5.74, 6) is 0.573. The molecule has 0 bridgehead atoms. The average molecular weight is 351 g/mol. The van der Waals surface area contributed by atoms with Gasteiger partial charge in [0.1, 0.15) is 6.33 Å². The molecule has 3 N–H and O–H groups in total. The second kappa shape index (κ2) is 7.83. The molecule has 136 valence electrons. The first kappa shape index (κ1) is 17.0. The molecule has 2 aromatic rings. The van der Waals surface area contributed by atoms with Crippen LogP contribution in [0, 0.1) is 0 Å². The highest BCUT2D eigenvalue weighted by atomic mass is 16.2. The molecule has 1 amide bonds. The number of rotatable bonds is 4. The van der Waals surface area contributed by atoms with Gasteiger partial charge in [0.15, 0.2) is 0 Å². The molecule has 2 heterocycles. The normalized spacial score (nSPS) is 18.4. The lowest BCUT2D eigenvalue weighted by molar-refractivity contribution is 0.101. The smallest absolute Gasteiger partial charge is 0.293 e. The second-order valence-corrected chi connectivity index (χ2v) is 7.10. The average Bonchev–Trinajstić information content (AvgIpc) is 3.25. The van der Waals surface area contributed by atoms with E-state index in [1.807, 2.05) is 0 Å². The van der Waals surface area contributed by atoms with Crippen molar-refractivity contribution in [2.45, 2.75) is 44.4 Å². The van der Waals surface area contributed by atoms with Crippen molar-refractivity contribution in [1.82, 2.24) is 20.5 Å². The Hall–Kier alpha value is -2.47. The number of anilines is 1. The summed E-state index contributed by atoms with van der Waals surface area (Å²) in [6.07, 6.45) is 10.7. The van der Waals surface area contributed by atoms with Gasteiger partial charge in [0.2, 0.25) is 5.82 Å². The fourth-order valence-corrected chi connectivity index (χ4v) is 3.93. The van der Waals surface area contributed by atoms with Crippen LogP contribution in [0.5, 0.6) is 0 Å². The summed E-state index contributed by atoms with van der Waals surface area (Å²) in [4.78, 5) is 15.2. The van der Waals surface area contributed by atoms with Gasteiger partial charge in [-0.1, -0.05) is 12.1 Å². The number of allylic oxidation sites excluding steroid dienone is 2. The molecule has 0 saturated carbocycles. The van der Waals surface area contributed by atoms with E-state index in [1.165, 1.54) is 43.1 Å². The molecule has 1 aliphatic carbocycles. The number of amides is 1. The van der Waals surface area contributed by atoms with Gasteiger partial charge >= 0.3 is 0 Å². The van der Waals surface area contributed by atoms with Gasteiger partial charge in [-0.15, -0.1) is 10.2 Å². The van der Waals surface area contributed by atoms with Crippen molar-refractivity contribution < 1.29 is 4.79 Å². The van der Waals surface area contributed by atoms with Crippen molar-refractivity contribution in [2.24, 2.45) is 0 Å². The van der Waals surface area contributed by atoms with Gasteiger partial charge in [0.05, 0.1) is 0 Å². The number of H-pyrrole nitrogens is 1. The number of nitrogens with one attached hydrogen (secondary N) is 3. The van der Waals surface area contributed by atoms with Gasteiger partial charge in [-0.25, -0.2) is 0 Å². The van der Waals surface area contributed by atoms with Crippen LogP contribution in [0.15, 0.2) is 30.6 Å². The lowest BCUT2D eigenvalue weighted by Crippen LogP contribution is -2.26. The molecule has 0 radical (unpaired) electrons. The van der Waals surface area contributed by atoms with E-state index in [9.17, 15) is 4.79 Å². The van der Waals surface area contributed by atoms with Crippen LogP contribution in [0.4, 0.5) is 5.69 Å². The summed E-state index contributed by atoms with van der Waals surface area (Å²) < 4.78 is 0. The molecule has 26 heavy (non-hydrogen) atoms. The number of nitrogens with zero attached hydrogens (tertiary/aromatic N) is 2. The summed E-state index contributed by atoms with van der Waals surface area (Å²) >= 11 is 0. The molecule has 0 spiro atoms. The van der Waals surface area contributed by atoms with Gasteiger partial charge in [-0.2, -0.15) is 0 Å². The molecule has 2 aliphatic rings. The molecule has 6 heteroatoms. The lowest BCUT2D eigenvalue weighted by atomic mass is 9.86. The Kier molecular flexibility index (Phi) is 5.11. The Bertz CT molecular complexity index is 791. The van der Waals surface area contributed by atoms with Crippen LogP contribution in [0.2, 0.25) is 0 Å². The zero-order valence-electron chi connectivity index (χ0n) is 14.9. The van der Waals surface area contributed by atoms with Gasteiger partial charge in [-0.3, -0.25) is 4.79 Å². The largest absolute Gasteiger partial charge is 0.323 e. The minimum absolute atomic E-state index is 0.232. The standard InChI is InChI=1S/C20H25N5O/c26-20(19-22-13-23-25-19)24-18-7-6-16(14-8-10-21-11-9-14)12-17(18)15-4-2-1-3-5-15/h4,6-7,12-14,21H,1-3,5,8-11H2,(H,24,26)(H,22,23,25). The molecule has 4 rings (SSSR count). The Balaban J connectivity index is 1.65. The topological polar surface area (TPSA) is 82.7 Å². The molecule has 1 aromatic heterocycles. The maximum Gasteiger partial charge on any atom is 0.293 e. The Labute approximate surface area is 153 Å². The predicted molar refractivity (Wildman–Crippen MR) is 102 cm³/mol. The lowest BCUT2D eigenvalue weighted by Gasteiger charge is -2.25. The summed E-state index contributed by atoms with van der Waals surface area (Å²) in [5.41, 5.74) is 4.75. The Morgan fingerprint density at radius 2 is 2.08 bits per heavy atom. The van der Waals surface area contributed by atoms with E-state index < -0.39 is 0 Å². The van der Waals surface area contributed by atoms with Crippen molar-refractivity contribution in [3.8, 4) is 0 Å². The van der Waals surface area contributed by atoms with Crippen LogP contribution in [-0.2, 0) is 0 Å². The van der Waals surface area contributed by atoms with Crippen molar-refractivity contribution in [3.63, 3.8) is 0 Å². The maximum atomic E-state index is 12.4. The van der Waals surface area contributed by atoms with Gasteiger partial charge in [-0.05, 0) is 80.8 Å². The van der Waals surface area contributed by atoms with E-state index >= 15 is 0 Å². The molecule has 1 saturated heterocycles. The van der Waals surface area contributed by atoms with E-state index in [4.69, 9.17) is 0 Å². The number of piperidine rings is 1. The fraction of sp³-hybridized carbons (Fsp3) is 0.450. The van der Waals surface area contributed by atoms with E-state index in [0.717, 1.165) is 37.2 Å². The summed E-state index contributed by atoms with van der Waals surface area (Å²) in [5, 5.41) is 13.9. The van der Waals surface area contributed by atoms with Gasteiger partial charge in [0, 0.05) is 11.3 Å². The molecular formula is C20H25N5O. The monoisotopic (exact) mass is 351 g/mol. The minimum atomic E-state index is -0.255. The third kappa shape index (κ3) is 3.70. The summed E-state index contributed by atoms with van der Waals surface area (Å²) in [6, 6.07) is 6.51. The number of aromatic amines is 1. The molecule has 6 nitrogen and oxygen atoms in total. The van der Waals surface area contributed by atoms with Crippen molar-refractivity contribution in [3.05, 3.63) is 47.6 Å². The zero-order chi connectivity index (χ0) is 17.8. The van der Waals surface area contributed by atoms with Crippen LogP contribution in [-0.4, -0.2) is 34.2 Å². The highest BCUT2D eigenvalue weighted by Crippen LogP contribution is 2.35. The molecule has 0 atom stereocenters. The third-order valence-corrected chi connectivity index (χ3v) is 5.37. The first-order valence-corrected chi connectivity index (χ1v) is 9.53. The van der Waals surface area contributed by atoms with Crippen LogP contribution >= 0.6 is 0 Å². The highest BCUT2D eigenvalue weighted by molar-refractivity contribution is 6.03. The number of aromatic nitrogens is 3. The van der Waals surface area contributed by atoms with Gasteiger partial charge < -0.3 is 15.6 Å². The van der Waals surface area contributed by atoms with Crippen LogP contribution in [0.1, 0.15) is 66.2 Å². The summed E-state index contributed by atoms with van der Waals surface area (Å²) in [7, 11) is 0. The number of hydrogen-bond acceptors (Lipinski definition) is 4. The van der Waals surface area contributed by atoms with Crippen LogP contribution < -0.4 is 10.6 Å². The first-order valence-electron chi connectivity index (χ1n) is 9.53. The second-order valence-electron chi connectivity index (χ2n) is 7.10. The molecule has 0 unspecified atom stereocenters. The molecule has 1 fully saturated rings. The number of benzene rings is 1. The van der Waals surface area contributed by atoms with Gasteiger partial charge in [0.25, 0.3) is 5.91 Å². The van der Waals surface area contributed by atoms with E-state index in [2.05, 4.69) is 50.1 Å². The van der Waals surface area contributed by atoms with E-state index in [-0.39, 0.29) is 11.7 Å². The SMILES string of the molecule is O=C(Nc1ccc(C2CCNCC2)cc1C1=CCCCC1)c1nnc[nH]1. The Morgan fingerprint density at radius 1 is 1.19 bits per heavy atom. The fourth-order valence-electron chi connectivity index (χ4n) is 3.93. The molecule has 1 aliphatic heterocycles. The Morgan fingerprint density at radius 3 is 2.81 bits per heavy atom. The van der Waals surface area contributed by atoms with Crippen LogP contribution in [0.3, 0.4) is 0 Å². The molecular weight excluding hydrogens is 326 g/mol. The predicted octanol–water partition coefficient (Wildman–Crippen LogP) is 3.48.